The van der Waals surface area contributed by atoms with Crippen molar-refractivity contribution >= 4 is 5.91 Å². The Bertz CT molecular complexity index is 216. The number of nitrogens with one attached hydrogen (secondary N) is 2. The Balaban J connectivity index is 2.43. The fourth-order valence-corrected chi connectivity index (χ4v) is 1.59. The van der Waals surface area contributed by atoms with E-state index in [0.29, 0.717) is 6.61 Å². The third-order valence-corrected chi connectivity index (χ3v) is 2.45. The first-order chi connectivity index (χ1) is 6.77. The highest BCUT2D eigenvalue weighted by molar-refractivity contribution is 5.78. The molecule has 1 amide bonds. The predicted octanol–water partition coefficient (Wildman–Crippen LogP) is 0.608. The third-order valence-electron chi connectivity index (χ3n) is 2.45. The number of amides is 1. The van der Waals surface area contributed by atoms with Gasteiger partial charge in [-0.2, -0.15) is 0 Å². The molecule has 80 valence electrons. The van der Waals surface area contributed by atoms with E-state index < -0.39 is 0 Å². The van der Waals surface area contributed by atoms with Crippen LogP contribution in [-0.4, -0.2) is 25.6 Å². The summed E-state index contributed by atoms with van der Waals surface area (Å²) in [6, 6.07) is 0.272. The van der Waals surface area contributed by atoms with Gasteiger partial charge in [-0.25, -0.2) is 5.48 Å². The lowest BCUT2D eigenvalue weighted by Gasteiger charge is -2.24. The van der Waals surface area contributed by atoms with Crippen molar-refractivity contribution in [1.82, 2.24) is 10.8 Å². The number of allylic oxidation sites excluding steroid dienone is 1. The molecule has 0 spiro atoms. The number of hydrogen-bond acceptors (Lipinski definition) is 3. The molecular formula is C10H18N2O2. The molecule has 0 unspecified atom stereocenters. The molecule has 2 atom stereocenters. The van der Waals surface area contributed by atoms with Gasteiger partial charge in [-0.1, -0.05) is 12.2 Å². The molecule has 2 N–H and O–H groups in total. The average Bonchev–Trinajstić information content (AvgIpc) is 2.20. The average molecular weight is 198 g/mol. The summed E-state index contributed by atoms with van der Waals surface area (Å²) >= 11 is 0. The van der Waals surface area contributed by atoms with Gasteiger partial charge < -0.3 is 5.32 Å². The number of hydroxylamine groups is 1. The van der Waals surface area contributed by atoms with Gasteiger partial charge in [-0.05, 0) is 26.8 Å². The van der Waals surface area contributed by atoms with Crippen molar-refractivity contribution in [3.63, 3.8) is 0 Å². The van der Waals surface area contributed by atoms with Crippen LogP contribution in [0, 0.1) is 5.92 Å². The Morgan fingerprint density at radius 2 is 2.57 bits per heavy atom. The van der Waals surface area contributed by atoms with Gasteiger partial charge in [-0.3, -0.25) is 9.63 Å². The molecule has 0 aliphatic carbocycles. The first-order valence-electron chi connectivity index (χ1n) is 4.99. The molecule has 1 rings (SSSR count). The van der Waals surface area contributed by atoms with E-state index in [-0.39, 0.29) is 17.9 Å². The fraction of sp³-hybridized carbons (Fsp3) is 0.700. The molecule has 1 heterocycles. The minimum Gasteiger partial charge on any atom is -0.314 e. The molecule has 4 heteroatoms. The Kier molecular flexibility index (Phi) is 4.62. The van der Waals surface area contributed by atoms with Gasteiger partial charge in [0, 0.05) is 12.0 Å². The summed E-state index contributed by atoms with van der Waals surface area (Å²) in [6.45, 7) is 2.59. The van der Waals surface area contributed by atoms with E-state index in [1.165, 1.54) is 0 Å². The van der Waals surface area contributed by atoms with Crippen LogP contribution in [0.2, 0.25) is 0 Å². The smallest absolute Gasteiger partial charge is 0.246 e. The molecule has 1 aliphatic heterocycles. The van der Waals surface area contributed by atoms with Gasteiger partial charge >= 0.3 is 0 Å². The lowest BCUT2D eigenvalue weighted by atomic mass is 9.95. The lowest BCUT2D eigenvalue weighted by Crippen LogP contribution is -2.40. The van der Waals surface area contributed by atoms with Gasteiger partial charge in [-0.15, -0.1) is 0 Å². The highest BCUT2D eigenvalue weighted by Crippen LogP contribution is 2.15. The van der Waals surface area contributed by atoms with Crippen molar-refractivity contribution < 1.29 is 9.63 Å². The molecule has 14 heavy (non-hydrogen) atoms. The molecule has 4 nitrogen and oxygen atoms in total. The second-order valence-corrected chi connectivity index (χ2v) is 3.46. The summed E-state index contributed by atoms with van der Waals surface area (Å²) in [5, 5.41) is 3.16. The first-order valence-corrected chi connectivity index (χ1v) is 4.99. The maximum atomic E-state index is 11.4. The molecule has 1 saturated heterocycles. The third kappa shape index (κ3) is 3.12. The maximum absolute atomic E-state index is 11.4. The van der Waals surface area contributed by atoms with Crippen molar-refractivity contribution in [1.29, 1.82) is 0 Å². The molecule has 0 saturated carbocycles. The van der Waals surface area contributed by atoms with E-state index >= 15 is 0 Å². The molecule has 1 fully saturated rings. The highest BCUT2D eigenvalue weighted by atomic mass is 16.7. The van der Waals surface area contributed by atoms with Crippen molar-refractivity contribution in [2.75, 3.05) is 13.7 Å². The van der Waals surface area contributed by atoms with E-state index in [9.17, 15) is 4.79 Å². The molecule has 0 aromatic rings. The van der Waals surface area contributed by atoms with Gasteiger partial charge in [0.15, 0.2) is 0 Å². The van der Waals surface area contributed by atoms with E-state index in [1.54, 1.807) is 0 Å². The SMILES string of the molecule is C/C=C/[C@H](C[C@@H]1CCONC1=O)NC. The number of likely N-dealkylation sites (N-methyl/N-ethyl adjacent to an activating group) is 1. The standard InChI is InChI=1S/C10H18N2O2/c1-3-4-9(11-2)7-8-5-6-14-12-10(8)13/h3-4,8-9,11H,5-7H2,1-2H3,(H,12,13)/b4-3+/t8-,9+/m0/s1. The number of carbonyl (C=O) groups excluding carboxylic acids is 1. The summed E-state index contributed by atoms with van der Waals surface area (Å²) in [5.41, 5.74) is 2.41. The predicted molar refractivity (Wildman–Crippen MR) is 54.5 cm³/mol. The number of rotatable bonds is 4. The molecule has 0 aromatic carbocycles. The van der Waals surface area contributed by atoms with E-state index in [1.807, 2.05) is 20.0 Å². The van der Waals surface area contributed by atoms with Crippen LogP contribution in [0.25, 0.3) is 0 Å². The van der Waals surface area contributed by atoms with Crippen molar-refractivity contribution in [2.45, 2.75) is 25.8 Å². The zero-order valence-corrected chi connectivity index (χ0v) is 8.75. The molecule has 0 bridgehead atoms. The van der Waals surface area contributed by atoms with Crippen LogP contribution in [0.5, 0.6) is 0 Å². The molecule has 0 aromatic heterocycles. The van der Waals surface area contributed by atoms with Crippen LogP contribution in [0.1, 0.15) is 19.8 Å². The van der Waals surface area contributed by atoms with Crippen LogP contribution in [0.15, 0.2) is 12.2 Å². The van der Waals surface area contributed by atoms with Crippen molar-refractivity contribution in [3.8, 4) is 0 Å². The normalized spacial score (nSPS) is 25.0. The Morgan fingerprint density at radius 1 is 1.79 bits per heavy atom. The van der Waals surface area contributed by atoms with Crippen LogP contribution < -0.4 is 10.8 Å². The molecule has 1 aliphatic rings. The first kappa shape index (κ1) is 11.2. The largest absolute Gasteiger partial charge is 0.314 e. The van der Waals surface area contributed by atoms with E-state index in [2.05, 4.69) is 16.9 Å². The van der Waals surface area contributed by atoms with Gasteiger partial charge in [0.05, 0.1) is 6.61 Å². The van der Waals surface area contributed by atoms with Crippen molar-refractivity contribution in [3.05, 3.63) is 12.2 Å². The Labute approximate surface area is 84.7 Å². The van der Waals surface area contributed by atoms with Gasteiger partial charge in [0.1, 0.15) is 0 Å². The highest BCUT2D eigenvalue weighted by Gasteiger charge is 2.24. The maximum Gasteiger partial charge on any atom is 0.246 e. The topological polar surface area (TPSA) is 50.4 Å². The molecule has 0 radical (unpaired) electrons. The summed E-state index contributed by atoms with van der Waals surface area (Å²) in [5.74, 6) is 0.0680. The van der Waals surface area contributed by atoms with Crippen LogP contribution in [0.4, 0.5) is 0 Å². The van der Waals surface area contributed by atoms with Crippen LogP contribution >= 0.6 is 0 Å². The van der Waals surface area contributed by atoms with Gasteiger partial charge in [0.2, 0.25) is 5.91 Å². The summed E-state index contributed by atoms with van der Waals surface area (Å²) < 4.78 is 0. The lowest BCUT2D eigenvalue weighted by molar-refractivity contribution is -0.145. The van der Waals surface area contributed by atoms with Crippen LogP contribution in [-0.2, 0) is 9.63 Å². The minimum atomic E-state index is 0.000929. The summed E-state index contributed by atoms with van der Waals surface area (Å²) in [4.78, 5) is 16.2. The summed E-state index contributed by atoms with van der Waals surface area (Å²) in [7, 11) is 1.90. The minimum absolute atomic E-state index is 0.000929. The molecular weight excluding hydrogens is 180 g/mol. The summed E-state index contributed by atoms with van der Waals surface area (Å²) in [6.07, 6.45) is 5.71. The monoisotopic (exact) mass is 198 g/mol. The fourth-order valence-electron chi connectivity index (χ4n) is 1.59. The number of carbonyl (C=O) groups is 1. The van der Waals surface area contributed by atoms with Gasteiger partial charge in [0.25, 0.3) is 0 Å². The zero-order chi connectivity index (χ0) is 10.4. The van der Waals surface area contributed by atoms with Crippen molar-refractivity contribution in [2.24, 2.45) is 5.92 Å². The quantitative estimate of drug-likeness (QED) is 0.651. The number of hydrogen-bond donors (Lipinski definition) is 2. The zero-order valence-electron chi connectivity index (χ0n) is 8.75. The van der Waals surface area contributed by atoms with E-state index in [0.717, 1.165) is 12.8 Å². The second kappa shape index (κ2) is 5.78. The van der Waals surface area contributed by atoms with Crippen LogP contribution in [0.3, 0.4) is 0 Å². The second-order valence-electron chi connectivity index (χ2n) is 3.46. The van der Waals surface area contributed by atoms with E-state index in [4.69, 9.17) is 4.84 Å². The Hall–Kier alpha value is -0.870. The Morgan fingerprint density at radius 3 is 3.14 bits per heavy atom.